The number of carbonyl (C=O) groups excluding carboxylic acids is 2. The van der Waals surface area contributed by atoms with Crippen molar-refractivity contribution in [1.29, 1.82) is 0 Å². The van der Waals surface area contributed by atoms with Crippen molar-refractivity contribution in [1.82, 2.24) is 9.47 Å². The second-order valence-electron chi connectivity index (χ2n) is 7.36. The molecule has 2 aromatic heterocycles. The van der Waals surface area contributed by atoms with Crippen LogP contribution in [-0.2, 0) is 16.1 Å². The number of hydrogen-bond acceptors (Lipinski definition) is 5. The molecule has 1 fully saturated rings. The van der Waals surface area contributed by atoms with Gasteiger partial charge >= 0.3 is 0 Å². The van der Waals surface area contributed by atoms with Crippen LogP contribution in [0.2, 0.25) is 0 Å². The van der Waals surface area contributed by atoms with Crippen LogP contribution >= 0.6 is 0 Å². The number of furan rings is 1. The second kappa shape index (κ2) is 7.63. The molecule has 2 aliphatic rings. The molecule has 8 heteroatoms. The van der Waals surface area contributed by atoms with E-state index < -0.39 is 5.91 Å². The van der Waals surface area contributed by atoms with E-state index in [4.69, 9.17) is 9.15 Å². The molecule has 1 saturated heterocycles. The lowest BCUT2D eigenvalue weighted by Gasteiger charge is -2.43. The van der Waals surface area contributed by atoms with E-state index in [1.165, 1.54) is 6.26 Å². The number of pyridine rings is 1. The van der Waals surface area contributed by atoms with Crippen LogP contribution in [0.3, 0.4) is 0 Å². The number of likely N-dealkylation sites (tertiary alicyclic amines) is 1. The molecule has 0 radical (unpaired) electrons. The van der Waals surface area contributed by atoms with Crippen LogP contribution in [0.25, 0.3) is 0 Å². The van der Waals surface area contributed by atoms with Gasteiger partial charge in [-0.2, -0.15) is 0 Å². The lowest BCUT2D eigenvalue weighted by atomic mass is 9.83. The number of ether oxygens (including phenoxy) is 1. The Morgan fingerprint density at radius 2 is 2.11 bits per heavy atom. The third-order valence-electron chi connectivity index (χ3n) is 5.47. The zero-order valence-electron chi connectivity index (χ0n) is 15.7. The normalized spacial score (nSPS) is 20.5. The van der Waals surface area contributed by atoms with Crippen molar-refractivity contribution in [2.75, 3.05) is 32.1 Å². The van der Waals surface area contributed by atoms with Gasteiger partial charge in [-0.25, -0.2) is 0 Å². The standard InChI is InChI=1S/C20H23N3O5/c1-27-8-6-18(24)22-10-13-9-14(12-22)16-5-4-15(20(26)23(16)11-13)21-19(25)17-3-2-7-28-17/h2-5,7,13-14H,6,8-12H2,1H3,(H,21,25). The van der Waals surface area contributed by atoms with Crippen molar-refractivity contribution < 1.29 is 18.7 Å². The Balaban J connectivity index is 1.54. The molecule has 4 rings (SSSR count). The number of hydrogen-bond donors (Lipinski definition) is 1. The molecule has 0 saturated carbocycles. The number of nitrogens with one attached hydrogen (secondary N) is 1. The molecule has 2 bridgehead atoms. The van der Waals surface area contributed by atoms with Crippen LogP contribution in [0.15, 0.2) is 39.7 Å². The number of amides is 2. The summed E-state index contributed by atoms with van der Waals surface area (Å²) in [4.78, 5) is 39.4. The van der Waals surface area contributed by atoms with Gasteiger partial charge in [-0.3, -0.25) is 14.4 Å². The minimum atomic E-state index is -0.450. The van der Waals surface area contributed by atoms with Crippen molar-refractivity contribution in [3.63, 3.8) is 0 Å². The topological polar surface area (TPSA) is 93.8 Å². The van der Waals surface area contributed by atoms with E-state index in [1.54, 1.807) is 29.9 Å². The maximum Gasteiger partial charge on any atom is 0.291 e. The molecule has 2 unspecified atom stereocenters. The molecule has 28 heavy (non-hydrogen) atoms. The number of carbonyl (C=O) groups is 2. The summed E-state index contributed by atoms with van der Waals surface area (Å²) in [6.45, 7) is 2.22. The molecular formula is C20H23N3O5. The summed E-state index contributed by atoms with van der Waals surface area (Å²) in [5.74, 6) is 0.153. The minimum absolute atomic E-state index is 0.0923. The molecule has 2 amide bonds. The fraction of sp³-hybridized carbons (Fsp3) is 0.450. The van der Waals surface area contributed by atoms with Crippen LogP contribution < -0.4 is 10.9 Å². The Morgan fingerprint density at radius 1 is 1.25 bits per heavy atom. The quantitative estimate of drug-likeness (QED) is 0.845. The number of anilines is 1. The third kappa shape index (κ3) is 3.47. The number of nitrogens with zero attached hydrogens (tertiary/aromatic N) is 2. The predicted molar refractivity (Wildman–Crippen MR) is 101 cm³/mol. The van der Waals surface area contributed by atoms with E-state index in [0.717, 1.165) is 12.1 Å². The largest absolute Gasteiger partial charge is 0.459 e. The predicted octanol–water partition coefficient (Wildman–Crippen LogP) is 1.68. The van der Waals surface area contributed by atoms with E-state index in [-0.39, 0.29) is 34.7 Å². The molecule has 4 heterocycles. The molecule has 8 nitrogen and oxygen atoms in total. The lowest BCUT2D eigenvalue weighted by molar-refractivity contribution is -0.134. The van der Waals surface area contributed by atoms with Gasteiger partial charge < -0.3 is 23.9 Å². The van der Waals surface area contributed by atoms with Crippen molar-refractivity contribution in [2.24, 2.45) is 5.92 Å². The van der Waals surface area contributed by atoms with Crippen molar-refractivity contribution >= 4 is 17.5 Å². The zero-order chi connectivity index (χ0) is 19.7. The van der Waals surface area contributed by atoms with Crippen molar-refractivity contribution in [3.8, 4) is 0 Å². The van der Waals surface area contributed by atoms with Gasteiger partial charge in [0.1, 0.15) is 5.69 Å². The Kier molecular flexibility index (Phi) is 5.04. The highest BCUT2D eigenvalue weighted by Crippen LogP contribution is 2.35. The SMILES string of the molecule is COCCC(=O)N1CC2CC(C1)c1ccc(NC(=O)c3ccco3)c(=O)n1C2. The number of rotatable bonds is 5. The molecular weight excluding hydrogens is 362 g/mol. The maximum atomic E-state index is 12.9. The lowest BCUT2D eigenvalue weighted by Crippen LogP contribution is -2.49. The minimum Gasteiger partial charge on any atom is -0.459 e. The van der Waals surface area contributed by atoms with Gasteiger partial charge in [-0.1, -0.05) is 0 Å². The van der Waals surface area contributed by atoms with Crippen molar-refractivity contribution in [3.05, 3.63) is 52.3 Å². The average molecular weight is 385 g/mol. The molecule has 0 aliphatic carbocycles. The summed E-state index contributed by atoms with van der Waals surface area (Å²) < 4.78 is 11.8. The molecule has 2 aromatic rings. The fourth-order valence-corrected chi connectivity index (χ4v) is 4.18. The maximum absolute atomic E-state index is 12.9. The van der Waals surface area contributed by atoms with E-state index >= 15 is 0 Å². The van der Waals surface area contributed by atoms with Gasteiger partial charge in [0.2, 0.25) is 5.91 Å². The van der Waals surface area contributed by atoms with Gasteiger partial charge in [0.15, 0.2) is 5.76 Å². The fourth-order valence-electron chi connectivity index (χ4n) is 4.18. The Bertz CT molecular complexity index is 934. The van der Waals surface area contributed by atoms with E-state index in [9.17, 15) is 14.4 Å². The molecule has 2 aliphatic heterocycles. The summed E-state index contributed by atoms with van der Waals surface area (Å²) in [6, 6.07) is 6.69. The number of aromatic nitrogens is 1. The first-order valence-electron chi connectivity index (χ1n) is 9.42. The molecule has 2 atom stereocenters. The third-order valence-corrected chi connectivity index (χ3v) is 5.47. The summed E-state index contributed by atoms with van der Waals surface area (Å²) in [5.41, 5.74) is 0.936. The van der Waals surface area contributed by atoms with Crippen LogP contribution in [0, 0.1) is 5.92 Å². The highest BCUT2D eigenvalue weighted by Gasteiger charge is 2.36. The molecule has 148 valence electrons. The second-order valence-corrected chi connectivity index (χ2v) is 7.36. The van der Waals surface area contributed by atoms with Crippen LogP contribution in [-0.4, -0.2) is 48.1 Å². The zero-order valence-corrected chi connectivity index (χ0v) is 15.7. The van der Waals surface area contributed by atoms with E-state index in [0.29, 0.717) is 32.7 Å². The van der Waals surface area contributed by atoms with E-state index in [2.05, 4.69) is 5.32 Å². The van der Waals surface area contributed by atoms with Gasteiger partial charge in [0.25, 0.3) is 11.5 Å². The van der Waals surface area contributed by atoms with E-state index in [1.807, 2.05) is 11.0 Å². The van der Waals surface area contributed by atoms with Gasteiger partial charge in [0.05, 0.1) is 19.3 Å². The first kappa shape index (κ1) is 18.5. The van der Waals surface area contributed by atoms with Crippen LogP contribution in [0.5, 0.6) is 0 Å². The Labute approximate surface area is 162 Å². The monoisotopic (exact) mass is 385 g/mol. The van der Waals surface area contributed by atoms with Crippen LogP contribution in [0.4, 0.5) is 5.69 Å². The number of fused-ring (bicyclic) bond motifs is 4. The summed E-state index contributed by atoms with van der Waals surface area (Å²) in [5, 5.41) is 2.63. The smallest absolute Gasteiger partial charge is 0.291 e. The molecule has 0 aromatic carbocycles. The highest BCUT2D eigenvalue weighted by atomic mass is 16.5. The molecule has 1 N–H and O–H groups in total. The summed E-state index contributed by atoms with van der Waals surface area (Å²) in [7, 11) is 1.59. The van der Waals surface area contributed by atoms with Crippen LogP contribution in [0.1, 0.15) is 35.0 Å². The molecule has 0 spiro atoms. The summed E-state index contributed by atoms with van der Waals surface area (Å²) in [6.07, 6.45) is 2.75. The Morgan fingerprint density at radius 3 is 2.86 bits per heavy atom. The van der Waals surface area contributed by atoms with Gasteiger partial charge in [-0.05, 0) is 36.6 Å². The number of methoxy groups -OCH3 is 1. The average Bonchev–Trinajstić information content (AvgIpc) is 3.23. The van der Waals surface area contributed by atoms with Crippen molar-refractivity contribution in [2.45, 2.75) is 25.3 Å². The Hall–Kier alpha value is -2.87. The summed E-state index contributed by atoms with van der Waals surface area (Å²) >= 11 is 0. The van der Waals surface area contributed by atoms with Gasteiger partial charge in [0, 0.05) is 38.4 Å². The first-order valence-corrected chi connectivity index (χ1v) is 9.42. The van der Waals surface area contributed by atoms with Gasteiger partial charge in [-0.15, -0.1) is 0 Å². The number of piperidine rings is 1. The highest BCUT2D eigenvalue weighted by molar-refractivity contribution is 6.02. The first-order chi connectivity index (χ1) is 13.6.